The van der Waals surface area contributed by atoms with E-state index in [2.05, 4.69) is 10.1 Å². The summed E-state index contributed by atoms with van der Waals surface area (Å²) in [6, 6.07) is 13.1. The Bertz CT molecular complexity index is 1040. The SMILES string of the molecule is COc1ccc(-n2cc(C3CCCCC3)nc2NC(=O)c2ccc(OC(F)F)cc2)cc1. The van der Waals surface area contributed by atoms with Gasteiger partial charge < -0.3 is 9.47 Å². The van der Waals surface area contributed by atoms with Gasteiger partial charge in [0, 0.05) is 23.4 Å². The number of amides is 1. The number of ether oxygens (including phenoxy) is 2. The van der Waals surface area contributed by atoms with Gasteiger partial charge in [-0.25, -0.2) is 4.98 Å². The summed E-state index contributed by atoms with van der Waals surface area (Å²) in [5.41, 5.74) is 2.11. The molecule has 6 nitrogen and oxygen atoms in total. The van der Waals surface area contributed by atoms with Crippen molar-refractivity contribution in [1.29, 1.82) is 0 Å². The number of nitrogens with zero attached hydrogens (tertiary/aromatic N) is 2. The number of hydrogen-bond donors (Lipinski definition) is 1. The maximum absolute atomic E-state index is 12.8. The first kappa shape index (κ1) is 21.8. The Labute approximate surface area is 185 Å². The molecule has 1 aliphatic carbocycles. The van der Waals surface area contributed by atoms with Crippen molar-refractivity contribution in [1.82, 2.24) is 9.55 Å². The number of imidazole rings is 1. The third-order valence-electron chi connectivity index (χ3n) is 5.67. The quantitative estimate of drug-likeness (QED) is 0.505. The Balaban J connectivity index is 1.60. The lowest BCUT2D eigenvalue weighted by Crippen LogP contribution is -2.15. The number of methoxy groups -OCH3 is 1. The van der Waals surface area contributed by atoms with E-state index in [0.29, 0.717) is 17.4 Å². The van der Waals surface area contributed by atoms with Crippen LogP contribution in [0.3, 0.4) is 0 Å². The van der Waals surface area contributed by atoms with E-state index in [1.807, 2.05) is 35.0 Å². The van der Waals surface area contributed by atoms with Crippen LogP contribution in [0.1, 0.15) is 54.1 Å². The second-order valence-electron chi connectivity index (χ2n) is 7.75. The molecule has 0 spiro atoms. The van der Waals surface area contributed by atoms with Crippen molar-refractivity contribution in [2.75, 3.05) is 12.4 Å². The number of aromatic nitrogens is 2. The zero-order valence-corrected chi connectivity index (χ0v) is 17.8. The van der Waals surface area contributed by atoms with Gasteiger partial charge in [-0.1, -0.05) is 19.3 Å². The van der Waals surface area contributed by atoms with Crippen LogP contribution in [-0.4, -0.2) is 29.2 Å². The lowest BCUT2D eigenvalue weighted by Gasteiger charge is -2.19. The van der Waals surface area contributed by atoms with Gasteiger partial charge in [0.05, 0.1) is 12.8 Å². The molecule has 1 saturated carbocycles. The summed E-state index contributed by atoms with van der Waals surface area (Å²) >= 11 is 0. The van der Waals surface area contributed by atoms with E-state index in [4.69, 9.17) is 9.72 Å². The highest BCUT2D eigenvalue weighted by Gasteiger charge is 2.22. The molecule has 0 atom stereocenters. The fraction of sp³-hybridized carbons (Fsp3) is 0.333. The minimum atomic E-state index is -2.91. The summed E-state index contributed by atoms with van der Waals surface area (Å²) in [5, 5.41) is 2.87. The Hall–Kier alpha value is -3.42. The molecule has 1 aliphatic rings. The van der Waals surface area contributed by atoms with E-state index in [-0.39, 0.29) is 11.7 Å². The molecule has 0 radical (unpaired) electrons. The highest BCUT2D eigenvalue weighted by atomic mass is 19.3. The standard InChI is InChI=1S/C24H25F2N3O3/c1-31-19-13-9-18(10-14-19)29-15-21(16-5-3-2-4-6-16)27-24(29)28-22(30)17-7-11-20(12-8-17)32-23(25)26/h7-16,23H,2-6H2,1H3,(H,27,28,30). The molecular weight excluding hydrogens is 416 g/mol. The normalized spacial score (nSPS) is 14.4. The van der Waals surface area contributed by atoms with Crippen molar-refractivity contribution in [2.24, 2.45) is 0 Å². The molecule has 32 heavy (non-hydrogen) atoms. The number of benzene rings is 2. The van der Waals surface area contributed by atoms with E-state index in [0.717, 1.165) is 30.0 Å². The van der Waals surface area contributed by atoms with Gasteiger partial charge in [-0.15, -0.1) is 0 Å². The summed E-state index contributed by atoms with van der Waals surface area (Å²) in [4.78, 5) is 17.6. The maximum Gasteiger partial charge on any atom is 0.387 e. The molecule has 0 saturated heterocycles. The molecule has 3 aromatic rings. The number of alkyl halides is 2. The van der Waals surface area contributed by atoms with E-state index < -0.39 is 6.61 Å². The average Bonchev–Trinajstić information content (AvgIpc) is 3.23. The number of anilines is 1. The first-order valence-corrected chi connectivity index (χ1v) is 10.6. The molecule has 2 aromatic carbocycles. The molecule has 1 heterocycles. The van der Waals surface area contributed by atoms with Crippen LogP contribution in [0.4, 0.5) is 14.7 Å². The van der Waals surface area contributed by atoms with E-state index in [9.17, 15) is 13.6 Å². The minimum absolute atomic E-state index is 0.00383. The van der Waals surface area contributed by atoms with Gasteiger partial charge in [-0.2, -0.15) is 8.78 Å². The van der Waals surface area contributed by atoms with Gasteiger partial charge in [-0.3, -0.25) is 14.7 Å². The predicted octanol–water partition coefficient (Wildman–Crippen LogP) is 5.78. The second kappa shape index (κ2) is 9.80. The van der Waals surface area contributed by atoms with E-state index >= 15 is 0 Å². The third kappa shape index (κ3) is 5.07. The molecule has 0 aliphatic heterocycles. The number of rotatable bonds is 7. The van der Waals surface area contributed by atoms with Crippen LogP contribution in [0.25, 0.3) is 5.69 Å². The molecule has 1 fully saturated rings. The highest BCUT2D eigenvalue weighted by molar-refractivity contribution is 6.03. The number of halogens is 2. The number of carbonyl (C=O) groups is 1. The van der Waals surface area contributed by atoms with Crippen molar-refractivity contribution < 1.29 is 23.0 Å². The van der Waals surface area contributed by atoms with Gasteiger partial charge in [0.25, 0.3) is 5.91 Å². The van der Waals surface area contributed by atoms with Crippen molar-refractivity contribution in [2.45, 2.75) is 44.6 Å². The summed E-state index contributed by atoms with van der Waals surface area (Å²) < 4.78 is 36.2. The van der Waals surface area contributed by atoms with Gasteiger partial charge in [0.2, 0.25) is 5.95 Å². The molecule has 1 amide bonds. The Morgan fingerprint density at radius 1 is 1.03 bits per heavy atom. The molecule has 1 N–H and O–H groups in total. The van der Waals surface area contributed by atoms with Crippen molar-refractivity contribution >= 4 is 11.9 Å². The molecule has 1 aromatic heterocycles. The summed E-state index contributed by atoms with van der Waals surface area (Å²) in [5.74, 6) is 1.12. The molecule has 168 valence electrons. The summed E-state index contributed by atoms with van der Waals surface area (Å²) in [6.45, 7) is -2.91. The van der Waals surface area contributed by atoms with E-state index in [1.165, 1.54) is 43.5 Å². The van der Waals surface area contributed by atoms with Gasteiger partial charge in [0.1, 0.15) is 11.5 Å². The zero-order valence-electron chi connectivity index (χ0n) is 17.8. The van der Waals surface area contributed by atoms with Gasteiger partial charge in [-0.05, 0) is 61.4 Å². The Morgan fingerprint density at radius 3 is 2.31 bits per heavy atom. The number of nitrogens with one attached hydrogen (secondary N) is 1. The third-order valence-corrected chi connectivity index (χ3v) is 5.67. The van der Waals surface area contributed by atoms with Crippen molar-refractivity contribution in [3.8, 4) is 17.2 Å². The molecule has 8 heteroatoms. The summed E-state index contributed by atoms with van der Waals surface area (Å²) in [6.07, 6.45) is 7.73. The van der Waals surface area contributed by atoms with Crippen LogP contribution in [-0.2, 0) is 0 Å². The number of hydrogen-bond acceptors (Lipinski definition) is 4. The first-order valence-electron chi connectivity index (χ1n) is 10.6. The van der Waals surface area contributed by atoms with Crippen LogP contribution in [0.15, 0.2) is 54.7 Å². The first-order chi connectivity index (χ1) is 15.5. The topological polar surface area (TPSA) is 65.4 Å². The summed E-state index contributed by atoms with van der Waals surface area (Å²) in [7, 11) is 1.61. The molecule has 4 rings (SSSR count). The van der Waals surface area contributed by atoms with Gasteiger partial charge in [0.15, 0.2) is 0 Å². The Kier molecular flexibility index (Phi) is 6.68. The highest BCUT2D eigenvalue weighted by Crippen LogP contribution is 2.34. The fourth-order valence-electron chi connectivity index (χ4n) is 3.98. The predicted molar refractivity (Wildman–Crippen MR) is 117 cm³/mol. The second-order valence-corrected chi connectivity index (χ2v) is 7.75. The van der Waals surface area contributed by atoms with Crippen LogP contribution in [0.5, 0.6) is 11.5 Å². The van der Waals surface area contributed by atoms with E-state index in [1.54, 1.807) is 7.11 Å². The zero-order chi connectivity index (χ0) is 22.5. The van der Waals surface area contributed by atoms with Crippen LogP contribution >= 0.6 is 0 Å². The number of carbonyl (C=O) groups excluding carboxylic acids is 1. The Morgan fingerprint density at radius 2 is 1.69 bits per heavy atom. The monoisotopic (exact) mass is 441 g/mol. The van der Waals surface area contributed by atoms with Crippen LogP contribution < -0.4 is 14.8 Å². The van der Waals surface area contributed by atoms with Crippen molar-refractivity contribution in [3.05, 3.63) is 66.0 Å². The molecule has 0 unspecified atom stereocenters. The molecule has 0 bridgehead atoms. The lowest BCUT2D eigenvalue weighted by molar-refractivity contribution is -0.0498. The van der Waals surface area contributed by atoms with Gasteiger partial charge >= 0.3 is 6.61 Å². The maximum atomic E-state index is 12.8. The smallest absolute Gasteiger partial charge is 0.387 e. The minimum Gasteiger partial charge on any atom is -0.497 e. The average molecular weight is 441 g/mol. The molecular formula is C24H25F2N3O3. The van der Waals surface area contributed by atoms with Crippen LogP contribution in [0, 0.1) is 0 Å². The van der Waals surface area contributed by atoms with Crippen molar-refractivity contribution in [3.63, 3.8) is 0 Å². The van der Waals surface area contributed by atoms with Crippen LogP contribution in [0.2, 0.25) is 0 Å². The largest absolute Gasteiger partial charge is 0.497 e. The fourth-order valence-corrected chi connectivity index (χ4v) is 3.98. The lowest BCUT2D eigenvalue weighted by atomic mass is 9.87.